The summed E-state index contributed by atoms with van der Waals surface area (Å²) in [4.78, 5) is 0. The largest absolute Gasteiger partial charge is 0.307 e. The number of nitrogens with one attached hydrogen (secondary N) is 1. The van der Waals surface area contributed by atoms with Crippen molar-refractivity contribution in [3.05, 3.63) is 69.4 Å². The zero-order valence-corrected chi connectivity index (χ0v) is 12.7. The Morgan fingerprint density at radius 3 is 2.68 bits per heavy atom. The Kier molecular flexibility index (Phi) is 4.72. The molecular formula is C16H17BrFN. The first-order valence-corrected chi connectivity index (χ1v) is 7.16. The highest BCUT2D eigenvalue weighted by atomic mass is 79.9. The van der Waals surface area contributed by atoms with Crippen LogP contribution in [0.3, 0.4) is 0 Å². The molecule has 0 amide bonds. The Morgan fingerprint density at radius 1 is 1.21 bits per heavy atom. The van der Waals surface area contributed by atoms with E-state index in [9.17, 15) is 4.39 Å². The van der Waals surface area contributed by atoms with Crippen LogP contribution in [0.2, 0.25) is 0 Å². The lowest BCUT2D eigenvalue weighted by Gasteiger charge is -2.21. The van der Waals surface area contributed by atoms with Crippen LogP contribution < -0.4 is 5.32 Å². The monoisotopic (exact) mass is 321 g/mol. The molecule has 0 spiro atoms. The van der Waals surface area contributed by atoms with Crippen molar-refractivity contribution in [1.29, 1.82) is 0 Å². The summed E-state index contributed by atoms with van der Waals surface area (Å²) >= 11 is 3.49. The van der Waals surface area contributed by atoms with Crippen LogP contribution >= 0.6 is 15.9 Å². The van der Waals surface area contributed by atoms with Gasteiger partial charge in [-0.3, -0.25) is 0 Å². The first-order chi connectivity index (χ1) is 9.11. The summed E-state index contributed by atoms with van der Waals surface area (Å²) in [6.45, 7) is 4.89. The SMILES string of the molecule is CCNC(c1cccc(Br)c1)c1cc(F)ccc1C. The third kappa shape index (κ3) is 3.43. The zero-order valence-electron chi connectivity index (χ0n) is 11.1. The van der Waals surface area contributed by atoms with Crippen LogP contribution in [-0.2, 0) is 0 Å². The van der Waals surface area contributed by atoms with Crippen molar-refractivity contribution in [3.63, 3.8) is 0 Å². The van der Waals surface area contributed by atoms with Gasteiger partial charge in [0.2, 0.25) is 0 Å². The van der Waals surface area contributed by atoms with Gasteiger partial charge in [-0.1, -0.05) is 41.1 Å². The molecule has 0 saturated heterocycles. The maximum atomic E-state index is 13.5. The smallest absolute Gasteiger partial charge is 0.123 e. The fourth-order valence-corrected chi connectivity index (χ4v) is 2.64. The minimum Gasteiger partial charge on any atom is -0.307 e. The molecule has 0 fully saturated rings. The van der Waals surface area contributed by atoms with Crippen LogP contribution in [-0.4, -0.2) is 6.54 Å². The summed E-state index contributed by atoms with van der Waals surface area (Å²) in [7, 11) is 0. The van der Waals surface area contributed by atoms with Gasteiger partial charge < -0.3 is 5.32 Å². The van der Waals surface area contributed by atoms with E-state index in [-0.39, 0.29) is 11.9 Å². The van der Waals surface area contributed by atoms with Crippen molar-refractivity contribution < 1.29 is 4.39 Å². The molecule has 0 aliphatic heterocycles. The molecule has 1 unspecified atom stereocenters. The van der Waals surface area contributed by atoms with Gasteiger partial charge in [0.15, 0.2) is 0 Å². The van der Waals surface area contributed by atoms with Gasteiger partial charge in [-0.2, -0.15) is 0 Å². The van der Waals surface area contributed by atoms with E-state index >= 15 is 0 Å². The number of rotatable bonds is 4. The third-order valence-electron chi connectivity index (χ3n) is 3.14. The van der Waals surface area contributed by atoms with Crippen LogP contribution in [0, 0.1) is 12.7 Å². The summed E-state index contributed by atoms with van der Waals surface area (Å²) in [5, 5.41) is 3.42. The molecule has 0 aliphatic carbocycles. The second-order valence-electron chi connectivity index (χ2n) is 4.55. The predicted molar refractivity (Wildman–Crippen MR) is 80.8 cm³/mol. The highest BCUT2D eigenvalue weighted by Crippen LogP contribution is 2.27. The van der Waals surface area contributed by atoms with Gasteiger partial charge in [-0.05, 0) is 54.4 Å². The molecule has 19 heavy (non-hydrogen) atoms. The molecule has 3 heteroatoms. The van der Waals surface area contributed by atoms with E-state index in [1.165, 1.54) is 6.07 Å². The van der Waals surface area contributed by atoms with Gasteiger partial charge in [-0.25, -0.2) is 4.39 Å². The molecular weight excluding hydrogens is 305 g/mol. The second kappa shape index (κ2) is 6.31. The number of hydrogen-bond donors (Lipinski definition) is 1. The fourth-order valence-electron chi connectivity index (χ4n) is 2.22. The average molecular weight is 322 g/mol. The van der Waals surface area contributed by atoms with Crippen molar-refractivity contribution in [2.24, 2.45) is 0 Å². The maximum Gasteiger partial charge on any atom is 0.123 e. The van der Waals surface area contributed by atoms with E-state index in [0.29, 0.717) is 0 Å². The maximum absolute atomic E-state index is 13.5. The van der Waals surface area contributed by atoms with Gasteiger partial charge in [0.25, 0.3) is 0 Å². The van der Waals surface area contributed by atoms with E-state index in [4.69, 9.17) is 0 Å². The number of halogens is 2. The normalized spacial score (nSPS) is 12.4. The summed E-state index contributed by atoms with van der Waals surface area (Å²) in [5.41, 5.74) is 3.21. The quantitative estimate of drug-likeness (QED) is 0.868. The first kappa shape index (κ1) is 14.2. The second-order valence-corrected chi connectivity index (χ2v) is 5.46. The molecule has 2 aromatic carbocycles. The van der Waals surface area contributed by atoms with Crippen molar-refractivity contribution >= 4 is 15.9 Å². The Labute approximate surface area is 122 Å². The van der Waals surface area contributed by atoms with E-state index in [0.717, 1.165) is 27.7 Å². The van der Waals surface area contributed by atoms with E-state index in [2.05, 4.69) is 40.3 Å². The van der Waals surface area contributed by atoms with E-state index in [1.807, 2.05) is 25.1 Å². The first-order valence-electron chi connectivity index (χ1n) is 6.36. The molecule has 0 radical (unpaired) electrons. The summed E-state index contributed by atoms with van der Waals surface area (Å²) in [5.74, 6) is -0.196. The van der Waals surface area contributed by atoms with Crippen molar-refractivity contribution in [2.75, 3.05) is 6.54 Å². The van der Waals surface area contributed by atoms with Gasteiger partial charge in [0.05, 0.1) is 6.04 Å². The van der Waals surface area contributed by atoms with Crippen LogP contribution in [0.4, 0.5) is 4.39 Å². The topological polar surface area (TPSA) is 12.0 Å². The predicted octanol–water partition coefficient (Wildman–Crippen LogP) is 4.60. The molecule has 2 rings (SSSR count). The molecule has 0 heterocycles. The number of aryl methyl sites for hydroxylation is 1. The Balaban J connectivity index is 2.48. The molecule has 2 aromatic rings. The van der Waals surface area contributed by atoms with Crippen molar-refractivity contribution in [1.82, 2.24) is 5.32 Å². The third-order valence-corrected chi connectivity index (χ3v) is 3.64. The lowest BCUT2D eigenvalue weighted by Crippen LogP contribution is -2.23. The summed E-state index contributed by atoms with van der Waals surface area (Å²) in [6.07, 6.45) is 0. The van der Waals surface area contributed by atoms with Gasteiger partial charge in [0.1, 0.15) is 5.82 Å². The number of benzene rings is 2. The lowest BCUT2D eigenvalue weighted by atomic mass is 9.95. The van der Waals surface area contributed by atoms with Gasteiger partial charge >= 0.3 is 0 Å². The zero-order chi connectivity index (χ0) is 13.8. The molecule has 1 N–H and O–H groups in total. The standard InChI is InChI=1S/C16H17BrFN/c1-3-19-16(12-5-4-6-13(17)9-12)15-10-14(18)8-7-11(15)2/h4-10,16,19H,3H2,1-2H3. The highest BCUT2D eigenvalue weighted by molar-refractivity contribution is 9.10. The molecule has 1 atom stereocenters. The van der Waals surface area contributed by atoms with Crippen LogP contribution in [0.25, 0.3) is 0 Å². The molecule has 100 valence electrons. The Morgan fingerprint density at radius 2 is 2.00 bits per heavy atom. The highest BCUT2D eigenvalue weighted by Gasteiger charge is 2.16. The molecule has 0 saturated carbocycles. The minimum absolute atomic E-state index is 0.0122. The van der Waals surface area contributed by atoms with E-state index in [1.54, 1.807) is 6.07 Å². The molecule has 1 nitrogen and oxygen atoms in total. The van der Waals surface area contributed by atoms with Crippen molar-refractivity contribution in [2.45, 2.75) is 19.9 Å². The fraction of sp³-hybridized carbons (Fsp3) is 0.250. The average Bonchev–Trinajstić information content (AvgIpc) is 2.39. The van der Waals surface area contributed by atoms with Crippen LogP contribution in [0.1, 0.15) is 29.7 Å². The Bertz CT molecular complexity index is 568. The lowest BCUT2D eigenvalue weighted by molar-refractivity contribution is 0.600. The van der Waals surface area contributed by atoms with Gasteiger partial charge in [-0.15, -0.1) is 0 Å². The Hall–Kier alpha value is -1.19. The summed E-state index contributed by atoms with van der Waals surface area (Å²) in [6, 6.07) is 13.1. The molecule has 0 bridgehead atoms. The van der Waals surface area contributed by atoms with Crippen LogP contribution in [0.5, 0.6) is 0 Å². The van der Waals surface area contributed by atoms with Crippen molar-refractivity contribution in [3.8, 4) is 0 Å². The number of hydrogen-bond acceptors (Lipinski definition) is 1. The molecule has 0 aromatic heterocycles. The molecule has 0 aliphatic rings. The summed E-state index contributed by atoms with van der Waals surface area (Å²) < 4.78 is 14.5. The van der Waals surface area contributed by atoms with Crippen LogP contribution in [0.15, 0.2) is 46.9 Å². The minimum atomic E-state index is -0.196. The van der Waals surface area contributed by atoms with Gasteiger partial charge in [0, 0.05) is 4.47 Å². The van der Waals surface area contributed by atoms with E-state index < -0.39 is 0 Å².